The number of carboxylic acid groups (broad SMARTS) is 1. The predicted octanol–water partition coefficient (Wildman–Crippen LogP) is 2.23. The monoisotopic (exact) mass is 309 g/mol. The van der Waals surface area contributed by atoms with Gasteiger partial charge < -0.3 is 14.7 Å². The molecule has 0 radical (unpaired) electrons. The van der Waals surface area contributed by atoms with Gasteiger partial charge in [-0.1, -0.05) is 0 Å². The fraction of sp³-hybridized carbons (Fsp3) is 0.500. The van der Waals surface area contributed by atoms with Crippen LogP contribution in [0.4, 0.5) is 4.39 Å². The van der Waals surface area contributed by atoms with Crippen LogP contribution in [0.1, 0.15) is 35.2 Å². The molecule has 1 heterocycles. The lowest BCUT2D eigenvalue weighted by atomic mass is 10.1. The van der Waals surface area contributed by atoms with Gasteiger partial charge in [-0.25, -0.2) is 4.39 Å². The highest BCUT2D eigenvalue weighted by atomic mass is 19.1. The molecule has 5 nitrogen and oxygen atoms in total. The predicted molar refractivity (Wildman–Crippen MR) is 78.3 cm³/mol. The summed E-state index contributed by atoms with van der Waals surface area (Å²) in [5.74, 6) is -1.62. The highest BCUT2D eigenvalue weighted by molar-refractivity contribution is 5.94. The van der Waals surface area contributed by atoms with Gasteiger partial charge in [0, 0.05) is 25.3 Å². The summed E-state index contributed by atoms with van der Waals surface area (Å²) in [6, 6.07) is 4.17. The van der Waals surface area contributed by atoms with Gasteiger partial charge in [0.15, 0.2) is 0 Å². The molecule has 6 heteroatoms. The average Bonchev–Trinajstić information content (AvgIpc) is 2.98. The number of hydrogen-bond acceptors (Lipinski definition) is 3. The fourth-order valence-corrected chi connectivity index (χ4v) is 2.50. The van der Waals surface area contributed by atoms with Crippen LogP contribution in [-0.2, 0) is 9.53 Å². The summed E-state index contributed by atoms with van der Waals surface area (Å²) in [6.45, 7) is 2.74. The molecule has 1 atom stereocenters. The number of carbonyl (C=O) groups excluding carboxylic acids is 1. The molecule has 1 N–H and O–H groups in total. The van der Waals surface area contributed by atoms with Crippen LogP contribution in [-0.4, -0.2) is 47.7 Å². The third-order valence-electron chi connectivity index (χ3n) is 3.74. The first-order chi connectivity index (χ1) is 10.5. The Hall–Kier alpha value is -1.95. The zero-order chi connectivity index (χ0) is 16.1. The summed E-state index contributed by atoms with van der Waals surface area (Å²) in [4.78, 5) is 24.8. The van der Waals surface area contributed by atoms with Crippen molar-refractivity contribution in [3.05, 3.63) is 35.1 Å². The van der Waals surface area contributed by atoms with Crippen molar-refractivity contribution in [2.45, 2.75) is 32.3 Å². The van der Waals surface area contributed by atoms with Gasteiger partial charge in [-0.3, -0.25) is 9.59 Å². The van der Waals surface area contributed by atoms with Crippen LogP contribution in [0.25, 0.3) is 0 Å². The van der Waals surface area contributed by atoms with Crippen molar-refractivity contribution >= 4 is 11.9 Å². The second-order valence-electron chi connectivity index (χ2n) is 5.49. The Morgan fingerprint density at radius 1 is 1.45 bits per heavy atom. The van der Waals surface area contributed by atoms with E-state index in [0.717, 1.165) is 12.8 Å². The molecule has 0 aliphatic carbocycles. The SMILES string of the molecule is Cc1cc(C(=O)N(CCC(=O)O)C[C@H]2CCCO2)ccc1F. The van der Waals surface area contributed by atoms with Gasteiger partial charge in [-0.2, -0.15) is 0 Å². The first kappa shape index (κ1) is 16.4. The van der Waals surface area contributed by atoms with E-state index in [9.17, 15) is 14.0 Å². The van der Waals surface area contributed by atoms with E-state index in [4.69, 9.17) is 9.84 Å². The van der Waals surface area contributed by atoms with Gasteiger partial charge in [-0.15, -0.1) is 0 Å². The van der Waals surface area contributed by atoms with E-state index < -0.39 is 5.97 Å². The maximum Gasteiger partial charge on any atom is 0.305 e. The van der Waals surface area contributed by atoms with E-state index in [1.807, 2.05) is 0 Å². The second kappa shape index (κ2) is 7.35. The molecule has 22 heavy (non-hydrogen) atoms. The first-order valence-corrected chi connectivity index (χ1v) is 7.36. The van der Waals surface area contributed by atoms with Gasteiger partial charge in [0.05, 0.1) is 12.5 Å². The van der Waals surface area contributed by atoms with Crippen molar-refractivity contribution in [1.82, 2.24) is 4.90 Å². The summed E-state index contributed by atoms with van der Waals surface area (Å²) in [6.07, 6.45) is 1.62. The van der Waals surface area contributed by atoms with E-state index >= 15 is 0 Å². The van der Waals surface area contributed by atoms with Crippen LogP contribution in [0.2, 0.25) is 0 Å². The number of carboxylic acids is 1. The van der Waals surface area contributed by atoms with Gasteiger partial charge in [0.25, 0.3) is 5.91 Å². The molecule has 1 amide bonds. The Morgan fingerprint density at radius 3 is 2.82 bits per heavy atom. The molecular weight excluding hydrogens is 289 g/mol. The van der Waals surface area contributed by atoms with Crippen molar-refractivity contribution in [2.75, 3.05) is 19.7 Å². The molecule has 1 saturated heterocycles. The minimum Gasteiger partial charge on any atom is -0.481 e. The molecule has 1 aliphatic heterocycles. The Labute approximate surface area is 128 Å². The molecular formula is C16H20FNO4. The molecule has 1 aliphatic rings. The first-order valence-electron chi connectivity index (χ1n) is 7.36. The number of carbonyl (C=O) groups is 2. The quantitative estimate of drug-likeness (QED) is 0.875. The molecule has 120 valence electrons. The molecule has 0 unspecified atom stereocenters. The number of aliphatic carboxylic acids is 1. The minimum absolute atomic E-state index is 0.0562. The second-order valence-corrected chi connectivity index (χ2v) is 5.49. The number of halogens is 1. The van der Waals surface area contributed by atoms with Crippen molar-refractivity contribution in [3.8, 4) is 0 Å². The van der Waals surface area contributed by atoms with Gasteiger partial charge in [0.1, 0.15) is 5.82 Å². The summed E-state index contributed by atoms with van der Waals surface area (Å²) >= 11 is 0. The number of benzene rings is 1. The van der Waals surface area contributed by atoms with Crippen LogP contribution in [0.5, 0.6) is 0 Å². The smallest absolute Gasteiger partial charge is 0.305 e. The fourth-order valence-electron chi connectivity index (χ4n) is 2.50. The Morgan fingerprint density at radius 2 is 2.23 bits per heavy atom. The maximum absolute atomic E-state index is 13.3. The average molecular weight is 309 g/mol. The number of nitrogens with zero attached hydrogens (tertiary/aromatic N) is 1. The van der Waals surface area contributed by atoms with Crippen LogP contribution in [0.3, 0.4) is 0 Å². The Bertz CT molecular complexity index is 555. The number of rotatable bonds is 6. The molecule has 1 aromatic carbocycles. The van der Waals surface area contributed by atoms with E-state index in [-0.39, 0.29) is 30.8 Å². The highest BCUT2D eigenvalue weighted by Crippen LogP contribution is 2.17. The summed E-state index contributed by atoms with van der Waals surface area (Å²) < 4.78 is 18.8. The van der Waals surface area contributed by atoms with Gasteiger partial charge in [0.2, 0.25) is 0 Å². The van der Waals surface area contributed by atoms with E-state index in [2.05, 4.69) is 0 Å². The third-order valence-corrected chi connectivity index (χ3v) is 3.74. The molecule has 1 aromatic rings. The van der Waals surface area contributed by atoms with E-state index in [1.54, 1.807) is 6.92 Å². The number of hydrogen-bond donors (Lipinski definition) is 1. The largest absolute Gasteiger partial charge is 0.481 e. The number of aryl methyl sites for hydroxylation is 1. The van der Waals surface area contributed by atoms with Crippen molar-refractivity contribution in [2.24, 2.45) is 0 Å². The third kappa shape index (κ3) is 4.27. The molecule has 0 spiro atoms. The van der Waals surface area contributed by atoms with Crippen LogP contribution >= 0.6 is 0 Å². The van der Waals surface area contributed by atoms with Crippen molar-refractivity contribution in [1.29, 1.82) is 0 Å². The van der Waals surface area contributed by atoms with Gasteiger partial charge in [-0.05, 0) is 43.5 Å². The lowest BCUT2D eigenvalue weighted by Gasteiger charge is -2.25. The Kier molecular flexibility index (Phi) is 5.49. The van der Waals surface area contributed by atoms with Crippen LogP contribution in [0, 0.1) is 12.7 Å². The van der Waals surface area contributed by atoms with E-state index in [1.165, 1.54) is 23.1 Å². The molecule has 2 rings (SSSR count). The summed E-state index contributed by atoms with van der Waals surface area (Å²) in [7, 11) is 0. The molecule has 0 bridgehead atoms. The maximum atomic E-state index is 13.3. The molecule has 0 aromatic heterocycles. The lowest BCUT2D eigenvalue weighted by Crippen LogP contribution is -2.38. The lowest BCUT2D eigenvalue weighted by molar-refractivity contribution is -0.137. The van der Waals surface area contributed by atoms with Crippen molar-refractivity contribution in [3.63, 3.8) is 0 Å². The Balaban J connectivity index is 2.12. The molecule has 1 fully saturated rings. The number of ether oxygens (including phenoxy) is 1. The molecule has 0 saturated carbocycles. The van der Waals surface area contributed by atoms with Crippen LogP contribution < -0.4 is 0 Å². The highest BCUT2D eigenvalue weighted by Gasteiger charge is 2.24. The topological polar surface area (TPSA) is 66.8 Å². The van der Waals surface area contributed by atoms with Gasteiger partial charge >= 0.3 is 5.97 Å². The minimum atomic E-state index is -0.958. The zero-order valence-corrected chi connectivity index (χ0v) is 12.5. The standard InChI is InChI=1S/C16H20FNO4/c1-11-9-12(4-5-14(11)17)16(21)18(7-6-15(19)20)10-13-3-2-8-22-13/h4-5,9,13H,2-3,6-8,10H2,1H3,(H,19,20)/t13-/m1/s1. The summed E-state index contributed by atoms with van der Waals surface area (Å²) in [5, 5.41) is 8.84. The zero-order valence-electron chi connectivity index (χ0n) is 12.5. The summed E-state index contributed by atoms with van der Waals surface area (Å²) in [5.41, 5.74) is 0.753. The normalized spacial score (nSPS) is 17.5. The number of amides is 1. The van der Waals surface area contributed by atoms with Crippen molar-refractivity contribution < 1.29 is 23.8 Å². The van der Waals surface area contributed by atoms with Crippen LogP contribution in [0.15, 0.2) is 18.2 Å². The van der Waals surface area contributed by atoms with E-state index in [0.29, 0.717) is 24.3 Å².